The maximum absolute atomic E-state index is 5.42. The van der Waals surface area contributed by atoms with Gasteiger partial charge in [-0.3, -0.25) is 0 Å². The fraction of sp³-hybridized carbons (Fsp3) is 0.778. The van der Waals surface area contributed by atoms with E-state index in [0.29, 0.717) is 6.10 Å². The average Bonchev–Trinajstić information content (AvgIpc) is 2.50. The Balaban J connectivity index is 1.96. The van der Waals surface area contributed by atoms with Gasteiger partial charge in [0.2, 0.25) is 0 Å². The van der Waals surface area contributed by atoms with Gasteiger partial charge in [0.25, 0.3) is 0 Å². The van der Waals surface area contributed by atoms with Crippen molar-refractivity contribution >= 4 is 0 Å². The first-order chi connectivity index (χ1) is 5.43. The lowest BCUT2D eigenvalue weighted by molar-refractivity contribution is 0.111. The third-order valence-electron chi connectivity index (χ3n) is 1.79. The van der Waals surface area contributed by atoms with Crippen LogP contribution in [0.2, 0.25) is 0 Å². The van der Waals surface area contributed by atoms with Gasteiger partial charge in [0.1, 0.15) is 0 Å². The Hall–Kier alpha value is -0.520. The van der Waals surface area contributed by atoms with E-state index < -0.39 is 0 Å². The van der Waals surface area contributed by atoms with Gasteiger partial charge in [-0.2, -0.15) is 0 Å². The summed E-state index contributed by atoms with van der Waals surface area (Å²) >= 11 is 0. The normalized spacial score (nSPS) is 22.8. The predicted octanol–water partition coefficient (Wildman–Crippen LogP) is 0.778. The third-order valence-corrected chi connectivity index (χ3v) is 1.79. The van der Waals surface area contributed by atoms with Crippen LogP contribution in [0.25, 0.3) is 0 Å². The predicted molar refractivity (Wildman–Crippen MR) is 45.3 cm³/mol. The van der Waals surface area contributed by atoms with Crippen LogP contribution in [0.1, 0.15) is 19.8 Å². The van der Waals surface area contributed by atoms with E-state index >= 15 is 0 Å². The van der Waals surface area contributed by atoms with Crippen molar-refractivity contribution in [2.45, 2.75) is 25.9 Å². The largest absolute Gasteiger partial charge is 0.377 e. The molecule has 0 spiro atoms. The van der Waals surface area contributed by atoms with Gasteiger partial charge in [-0.25, -0.2) is 0 Å². The topological polar surface area (TPSA) is 21.3 Å². The minimum absolute atomic E-state index is 0.439. The van der Waals surface area contributed by atoms with Gasteiger partial charge in [-0.1, -0.05) is 5.92 Å². The van der Waals surface area contributed by atoms with E-state index in [0.717, 1.165) is 19.7 Å². The summed E-state index contributed by atoms with van der Waals surface area (Å²) in [5.74, 6) is 5.80. The summed E-state index contributed by atoms with van der Waals surface area (Å²) in [7, 11) is 0. The van der Waals surface area contributed by atoms with Gasteiger partial charge in [-0.15, -0.1) is 5.92 Å². The molecule has 0 radical (unpaired) electrons. The SMILES string of the molecule is CC#CCNCC1CCCO1. The monoisotopic (exact) mass is 153 g/mol. The molecule has 0 aliphatic carbocycles. The lowest BCUT2D eigenvalue weighted by Crippen LogP contribution is -2.26. The second kappa shape index (κ2) is 5.17. The molecule has 1 aliphatic rings. The summed E-state index contributed by atoms with van der Waals surface area (Å²) in [5, 5.41) is 3.23. The van der Waals surface area contributed by atoms with Gasteiger partial charge in [0.05, 0.1) is 12.6 Å². The molecular formula is C9H15NO. The first-order valence-corrected chi connectivity index (χ1v) is 4.15. The van der Waals surface area contributed by atoms with Crippen molar-refractivity contribution in [2.24, 2.45) is 0 Å². The minimum atomic E-state index is 0.439. The fourth-order valence-electron chi connectivity index (χ4n) is 1.19. The number of ether oxygens (including phenoxy) is 1. The summed E-state index contributed by atoms with van der Waals surface area (Å²) in [6.07, 6.45) is 2.85. The van der Waals surface area contributed by atoms with Crippen molar-refractivity contribution in [3.63, 3.8) is 0 Å². The van der Waals surface area contributed by atoms with Crippen LogP contribution in [0.4, 0.5) is 0 Å². The summed E-state index contributed by atoms with van der Waals surface area (Å²) in [6, 6.07) is 0. The van der Waals surface area contributed by atoms with E-state index in [4.69, 9.17) is 4.74 Å². The molecule has 1 saturated heterocycles. The summed E-state index contributed by atoms with van der Waals surface area (Å²) in [4.78, 5) is 0. The number of rotatable bonds is 3. The molecule has 0 saturated carbocycles. The Bertz CT molecular complexity index is 151. The van der Waals surface area contributed by atoms with Crippen LogP contribution in [-0.2, 0) is 4.74 Å². The van der Waals surface area contributed by atoms with E-state index in [1.54, 1.807) is 0 Å². The van der Waals surface area contributed by atoms with Crippen LogP contribution < -0.4 is 5.32 Å². The highest BCUT2D eigenvalue weighted by molar-refractivity contribution is 4.97. The zero-order chi connectivity index (χ0) is 7.94. The van der Waals surface area contributed by atoms with Crippen molar-refractivity contribution in [1.29, 1.82) is 0 Å². The molecule has 0 bridgehead atoms. The zero-order valence-corrected chi connectivity index (χ0v) is 7.02. The lowest BCUT2D eigenvalue weighted by Gasteiger charge is -2.07. The number of hydrogen-bond donors (Lipinski definition) is 1. The number of nitrogens with one attached hydrogen (secondary N) is 1. The van der Waals surface area contributed by atoms with Crippen LogP contribution in [-0.4, -0.2) is 25.8 Å². The van der Waals surface area contributed by atoms with Crippen molar-refractivity contribution in [3.8, 4) is 11.8 Å². The molecule has 62 valence electrons. The highest BCUT2D eigenvalue weighted by Crippen LogP contribution is 2.10. The standard InChI is InChI=1S/C9H15NO/c1-2-3-6-10-8-9-5-4-7-11-9/h9-10H,4-8H2,1H3. The molecule has 1 N–H and O–H groups in total. The molecule has 11 heavy (non-hydrogen) atoms. The Morgan fingerprint density at radius 2 is 2.55 bits per heavy atom. The molecule has 0 amide bonds. The maximum atomic E-state index is 5.42. The Morgan fingerprint density at radius 1 is 1.64 bits per heavy atom. The molecule has 1 heterocycles. The van der Waals surface area contributed by atoms with Crippen LogP contribution in [0.3, 0.4) is 0 Å². The lowest BCUT2D eigenvalue weighted by atomic mass is 10.2. The van der Waals surface area contributed by atoms with Crippen molar-refractivity contribution < 1.29 is 4.74 Å². The van der Waals surface area contributed by atoms with Crippen LogP contribution in [0.15, 0.2) is 0 Å². The Labute approximate surface area is 68.3 Å². The van der Waals surface area contributed by atoms with Gasteiger partial charge < -0.3 is 10.1 Å². The van der Waals surface area contributed by atoms with Gasteiger partial charge >= 0.3 is 0 Å². The first-order valence-electron chi connectivity index (χ1n) is 4.15. The van der Waals surface area contributed by atoms with Crippen LogP contribution in [0.5, 0.6) is 0 Å². The minimum Gasteiger partial charge on any atom is -0.377 e. The van der Waals surface area contributed by atoms with Gasteiger partial charge in [0, 0.05) is 13.2 Å². The quantitative estimate of drug-likeness (QED) is 0.478. The molecule has 0 aromatic rings. The number of hydrogen-bond acceptors (Lipinski definition) is 2. The Kier molecular flexibility index (Phi) is 4.03. The average molecular weight is 153 g/mol. The second-order valence-electron chi connectivity index (χ2n) is 2.69. The molecule has 0 aromatic carbocycles. The van der Waals surface area contributed by atoms with E-state index in [1.165, 1.54) is 12.8 Å². The highest BCUT2D eigenvalue weighted by Gasteiger charge is 2.13. The van der Waals surface area contributed by atoms with Gasteiger partial charge in [0.15, 0.2) is 0 Å². The third kappa shape index (κ3) is 3.41. The van der Waals surface area contributed by atoms with E-state index in [2.05, 4.69) is 17.2 Å². The molecule has 1 rings (SSSR count). The summed E-state index contributed by atoms with van der Waals surface area (Å²) < 4.78 is 5.42. The van der Waals surface area contributed by atoms with Crippen LogP contribution >= 0.6 is 0 Å². The fourth-order valence-corrected chi connectivity index (χ4v) is 1.19. The molecule has 1 fully saturated rings. The van der Waals surface area contributed by atoms with Crippen LogP contribution in [0, 0.1) is 11.8 Å². The summed E-state index contributed by atoms with van der Waals surface area (Å²) in [6.45, 7) is 4.53. The maximum Gasteiger partial charge on any atom is 0.0700 e. The molecular weight excluding hydrogens is 138 g/mol. The van der Waals surface area contributed by atoms with E-state index in [9.17, 15) is 0 Å². The molecule has 1 unspecified atom stereocenters. The van der Waals surface area contributed by atoms with Crippen molar-refractivity contribution in [1.82, 2.24) is 5.32 Å². The second-order valence-corrected chi connectivity index (χ2v) is 2.69. The molecule has 2 heteroatoms. The first kappa shape index (κ1) is 8.58. The summed E-state index contributed by atoms with van der Waals surface area (Å²) in [5.41, 5.74) is 0. The van der Waals surface area contributed by atoms with Crippen molar-refractivity contribution in [2.75, 3.05) is 19.7 Å². The van der Waals surface area contributed by atoms with Crippen molar-refractivity contribution in [3.05, 3.63) is 0 Å². The molecule has 1 aliphatic heterocycles. The molecule has 2 nitrogen and oxygen atoms in total. The molecule has 0 aromatic heterocycles. The highest BCUT2D eigenvalue weighted by atomic mass is 16.5. The van der Waals surface area contributed by atoms with E-state index in [-0.39, 0.29) is 0 Å². The zero-order valence-electron chi connectivity index (χ0n) is 7.02. The molecule has 1 atom stereocenters. The smallest absolute Gasteiger partial charge is 0.0700 e. The Morgan fingerprint density at radius 3 is 3.18 bits per heavy atom. The van der Waals surface area contributed by atoms with Gasteiger partial charge in [-0.05, 0) is 19.8 Å². The van der Waals surface area contributed by atoms with E-state index in [1.807, 2.05) is 6.92 Å².